The van der Waals surface area contributed by atoms with Crippen LogP contribution in [0.25, 0.3) is 11.6 Å². The topological polar surface area (TPSA) is 68.0 Å². The van der Waals surface area contributed by atoms with E-state index < -0.39 is 0 Å². The predicted octanol–water partition coefficient (Wildman–Crippen LogP) is 3.72. The summed E-state index contributed by atoms with van der Waals surface area (Å²) in [6.45, 7) is 0. The van der Waals surface area contributed by atoms with E-state index >= 15 is 0 Å². The zero-order chi connectivity index (χ0) is 13.2. The number of amides is 1. The summed E-state index contributed by atoms with van der Waals surface area (Å²) in [5, 5.41) is 5.02. The van der Waals surface area contributed by atoms with E-state index in [1.165, 1.54) is 11.3 Å². The second kappa shape index (κ2) is 5.39. The van der Waals surface area contributed by atoms with Crippen LogP contribution in [0, 0.1) is 3.77 Å². The van der Waals surface area contributed by atoms with Crippen LogP contribution in [0.2, 0.25) is 0 Å². The van der Waals surface area contributed by atoms with E-state index in [4.69, 9.17) is 4.42 Å². The molecule has 0 atom stereocenters. The Hall–Kier alpha value is -1.26. The van der Waals surface area contributed by atoms with Crippen molar-refractivity contribution in [2.24, 2.45) is 0 Å². The highest BCUT2D eigenvalue weighted by Gasteiger charge is 2.13. The second-order valence-corrected chi connectivity index (χ2v) is 6.22. The summed E-state index contributed by atoms with van der Waals surface area (Å²) in [4.78, 5) is 16.7. The zero-order valence-corrected chi connectivity index (χ0v) is 13.1. The number of anilines is 1. The van der Waals surface area contributed by atoms with Crippen molar-refractivity contribution < 1.29 is 9.21 Å². The van der Waals surface area contributed by atoms with Gasteiger partial charge in [-0.1, -0.05) is 6.07 Å². The van der Waals surface area contributed by atoms with Gasteiger partial charge in [-0.15, -0.1) is 11.3 Å². The normalized spacial score (nSPS) is 10.6. The maximum Gasteiger partial charge on any atom is 0.267 e. The Kier molecular flexibility index (Phi) is 3.62. The van der Waals surface area contributed by atoms with Crippen LogP contribution >= 0.6 is 45.5 Å². The summed E-state index contributed by atoms with van der Waals surface area (Å²) in [7, 11) is 0. The number of halogens is 1. The first-order chi connectivity index (χ1) is 9.22. The number of hydrogen-bond acceptors (Lipinski definition) is 6. The quantitative estimate of drug-likeness (QED) is 0.677. The fraction of sp³-hybridized carbons (Fsp3) is 0. The molecule has 3 heterocycles. The van der Waals surface area contributed by atoms with Crippen LogP contribution in [0.4, 0.5) is 5.13 Å². The van der Waals surface area contributed by atoms with Gasteiger partial charge in [-0.3, -0.25) is 10.1 Å². The molecular formula is C11H6IN3O2S2. The molecule has 0 aromatic carbocycles. The van der Waals surface area contributed by atoms with Gasteiger partial charge < -0.3 is 4.42 Å². The molecule has 0 unspecified atom stereocenters. The summed E-state index contributed by atoms with van der Waals surface area (Å²) in [6, 6.07) is 7.22. The molecule has 0 bridgehead atoms. The lowest BCUT2D eigenvalue weighted by atomic mass is 10.4. The third-order valence-electron chi connectivity index (χ3n) is 2.19. The van der Waals surface area contributed by atoms with Crippen LogP contribution in [0.1, 0.15) is 9.67 Å². The van der Waals surface area contributed by atoms with Gasteiger partial charge >= 0.3 is 0 Å². The molecule has 0 aliphatic heterocycles. The van der Waals surface area contributed by atoms with Crippen molar-refractivity contribution in [1.29, 1.82) is 0 Å². The Bertz CT molecular complexity index is 705. The number of nitrogens with one attached hydrogen (secondary N) is 1. The standard InChI is InChI=1S/C11H6IN3O2S2/c12-8-4-3-6(17-8)9-13-11(19-15-9)14-10(16)7-2-1-5-18-7/h1-5H,(H,13,14,15,16). The van der Waals surface area contributed by atoms with E-state index in [0.717, 1.165) is 15.3 Å². The molecule has 0 aliphatic carbocycles. The van der Waals surface area contributed by atoms with Crippen molar-refractivity contribution in [3.8, 4) is 11.6 Å². The van der Waals surface area contributed by atoms with E-state index in [-0.39, 0.29) is 5.91 Å². The summed E-state index contributed by atoms with van der Waals surface area (Å²) in [6.07, 6.45) is 0. The summed E-state index contributed by atoms with van der Waals surface area (Å²) >= 11 is 4.58. The fourth-order valence-electron chi connectivity index (χ4n) is 1.38. The van der Waals surface area contributed by atoms with E-state index in [9.17, 15) is 4.79 Å². The first kappa shape index (κ1) is 12.8. The first-order valence-corrected chi connectivity index (χ1v) is 7.90. The van der Waals surface area contributed by atoms with Crippen molar-refractivity contribution in [2.45, 2.75) is 0 Å². The van der Waals surface area contributed by atoms with Crippen molar-refractivity contribution in [3.63, 3.8) is 0 Å². The average molecular weight is 403 g/mol. The van der Waals surface area contributed by atoms with Crippen LogP contribution in [0.5, 0.6) is 0 Å². The van der Waals surface area contributed by atoms with Gasteiger partial charge in [0.2, 0.25) is 11.0 Å². The molecule has 0 fully saturated rings. The number of thiophene rings is 1. The molecule has 5 nitrogen and oxygen atoms in total. The van der Waals surface area contributed by atoms with E-state index in [1.54, 1.807) is 12.1 Å². The highest BCUT2D eigenvalue weighted by Crippen LogP contribution is 2.24. The minimum Gasteiger partial charge on any atom is -0.447 e. The summed E-state index contributed by atoms with van der Waals surface area (Å²) in [5.74, 6) is 0.901. The predicted molar refractivity (Wildman–Crippen MR) is 82.6 cm³/mol. The van der Waals surface area contributed by atoms with E-state index in [0.29, 0.717) is 21.6 Å². The molecule has 3 aromatic rings. The number of rotatable bonds is 3. The zero-order valence-electron chi connectivity index (χ0n) is 9.29. The van der Waals surface area contributed by atoms with Gasteiger partial charge in [-0.05, 0) is 46.2 Å². The van der Waals surface area contributed by atoms with E-state index in [1.807, 2.05) is 17.5 Å². The highest BCUT2D eigenvalue weighted by molar-refractivity contribution is 14.1. The molecule has 0 saturated heterocycles. The maximum absolute atomic E-state index is 11.8. The second-order valence-electron chi connectivity index (χ2n) is 3.46. The van der Waals surface area contributed by atoms with Crippen LogP contribution in [-0.2, 0) is 0 Å². The Morgan fingerprint density at radius 3 is 2.95 bits per heavy atom. The minimum absolute atomic E-state index is 0.174. The van der Waals surface area contributed by atoms with Crippen molar-refractivity contribution in [2.75, 3.05) is 5.32 Å². The van der Waals surface area contributed by atoms with Gasteiger partial charge in [0.15, 0.2) is 9.53 Å². The first-order valence-electron chi connectivity index (χ1n) is 5.16. The van der Waals surface area contributed by atoms with Crippen LogP contribution < -0.4 is 5.32 Å². The number of hydrogen-bond donors (Lipinski definition) is 1. The molecule has 96 valence electrons. The lowest BCUT2D eigenvalue weighted by molar-refractivity contribution is 0.103. The minimum atomic E-state index is -0.174. The summed E-state index contributed by atoms with van der Waals surface area (Å²) in [5.41, 5.74) is 0. The van der Waals surface area contributed by atoms with Gasteiger partial charge in [-0.25, -0.2) is 0 Å². The maximum atomic E-state index is 11.8. The molecule has 1 amide bonds. The molecule has 0 saturated carbocycles. The molecule has 3 aromatic heterocycles. The monoisotopic (exact) mass is 403 g/mol. The van der Waals surface area contributed by atoms with Crippen molar-refractivity contribution in [3.05, 3.63) is 38.3 Å². The fourth-order valence-corrected chi connectivity index (χ4v) is 2.98. The molecule has 0 aliphatic rings. The third kappa shape index (κ3) is 2.85. The molecule has 3 rings (SSSR count). The van der Waals surface area contributed by atoms with Crippen molar-refractivity contribution in [1.82, 2.24) is 9.36 Å². The lowest BCUT2D eigenvalue weighted by Gasteiger charge is -1.96. The SMILES string of the molecule is O=C(Nc1nc(-c2ccc(I)o2)ns1)c1cccs1. The van der Waals surface area contributed by atoms with Crippen LogP contribution in [-0.4, -0.2) is 15.3 Å². The van der Waals surface area contributed by atoms with Crippen molar-refractivity contribution >= 4 is 56.5 Å². The Morgan fingerprint density at radius 2 is 2.26 bits per heavy atom. The Balaban J connectivity index is 1.77. The van der Waals surface area contributed by atoms with Gasteiger partial charge in [-0.2, -0.15) is 9.36 Å². The largest absolute Gasteiger partial charge is 0.447 e. The number of carbonyl (C=O) groups excluding carboxylic acids is 1. The van der Waals surface area contributed by atoms with Gasteiger partial charge in [0.05, 0.1) is 4.88 Å². The molecule has 1 N–H and O–H groups in total. The van der Waals surface area contributed by atoms with E-state index in [2.05, 4.69) is 37.3 Å². The summed E-state index contributed by atoms with van der Waals surface area (Å²) < 4.78 is 10.3. The number of carbonyl (C=O) groups is 1. The van der Waals surface area contributed by atoms with Gasteiger partial charge in [0, 0.05) is 11.5 Å². The molecule has 8 heteroatoms. The Morgan fingerprint density at radius 1 is 1.37 bits per heavy atom. The molecule has 19 heavy (non-hydrogen) atoms. The van der Waals surface area contributed by atoms with Crippen LogP contribution in [0.3, 0.4) is 0 Å². The molecular weight excluding hydrogens is 397 g/mol. The average Bonchev–Trinajstić information content (AvgIpc) is 3.07. The Labute approximate surface area is 130 Å². The molecule has 0 spiro atoms. The smallest absolute Gasteiger partial charge is 0.267 e. The number of nitrogens with zero attached hydrogens (tertiary/aromatic N) is 2. The highest BCUT2D eigenvalue weighted by atomic mass is 127. The van der Waals surface area contributed by atoms with Crippen LogP contribution in [0.15, 0.2) is 34.1 Å². The number of aromatic nitrogens is 2. The third-order valence-corrected chi connectivity index (χ3v) is 4.26. The van der Waals surface area contributed by atoms with Gasteiger partial charge in [0.25, 0.3) is 5.91 Å². The number of furan rings is 1. The molecule has 0 radical (unpaired) electrons. The van der Waals surface area contributed by atoms with Gasteiger partial charge in [0.1, 0.15) is 0 Å². The lowest BCUT2D eigenvalue weighted by Crippen LogP contribution is -2.09.